The standard InChI is InChI=1S/C21H21N3O2S2.ClH/c22-23-16-18-12-10-17(11-13-18)14-15-27-21-9-5-4-8-20(21)24-28(25,26)19-6-2-1-3-7-19;/h1-13,16,24H,14-15,22H2;1H/b23-16-;. The molecule has 0 bridgehead atoms. The van der Waals surface area contributed by atoms with Gasteiger partial charge in [-0.25, -0.2) is 8.42 Å². The van der Waals surface area contributed by atoms with Crippen LogP contribution in [0.25, 0.3) is 0 Å². The van der Waals surface area contributed by atoms with Crippen LogP contribution in [0.3, 0.4) is 0 Å². The van der Waals surface area contributed by atoms with Crippen LogP contribution in [0.15, 0.2) is 93.8 Å². The van der Waals surface area contributed by atoms with Crippen molar-refractivity contribution >= 4 is 46.1 Å². The summed E-state index contributed by atoms with van der Waals surface area (Å²) in [4.78, 5) is 1.14. The maximum absolute atomic E-state index is 12.6. The van der Waals surface area contributed by atoms with Gasteiger partial charge < -0.3 is 5.84 Å². The molecule has 3 aromatic carbocycles. The molecule has 3 rings (SSSR count). The predicted molar refractivity (Wildman–Crippen MR) is 124 cm³/mol. The van der Waals surface area contributed by atoms with Crippen molar-refractivity contribution in [1.29, 1.82) is 0 Å². The minimum atomic E-state index is -3.61. The molecule has 8 heteroatoms. The van der Waals surface area contributed by atoms with Crippen LogP contribution in [-0.4, -0.2) is 20.4 Å². The summed E-state index contributed by atoms with van der Waals surface area (Å²) >= 11 is 1.62. The predicted octanol–water partition coefficient (Wildman–Crippen LogP) is 4.54. The second-order valence-electron chi connectivity index (χ2n) is 6.03. The highest BCUT2D eigenvalue weighted by molar-refractivity contribution is 7.99. The molecule has 3 aromatic rings. The minimum Gasteiger partial charge on any atom is -0.323 e. The van der Waals surface area contributed by atoms with E-state index < -0.39 is 10.0 Å². The first kappa shape index (κ1) is 22.8. The number of nitrogens with two attached hydrogens (primary N) is 1. The van der Waals surface area contributed by atoms with Crippen LogP contribution in [0.4, 0.5) is 5.69 Å². The van der Waals surface area contributed by atoms with E-state index in [-0.39, 0.29) is 17.3 Å². The number of nitrogens with one attached hydrogen (secondary N) is 1. The largest absolute Gasteiger partial charge is 0.323 e. The fraction of sp³-hybridized carbons (Fsp3) is 0.0952. The Kier molecular flexibility index (Phi) is 8.57. The molecule has 0 aliphatic rings. The third-order valence-electron chi connectivity index (χ3n) is 4.04. The fourth-order valence-corrected chi connectivity index (χ4v) is 4.79. The lowest BCUT2D eigenvalue weighted by Crippen LogP contribution is -2.13. The molecule has 0 aliphatic heterocycles. The van der Waals surface area contributed by atoms with Crippen molar-refractivity contribution in [3.8, 4) is 0 Å². The Bertz CT molecular complexity index is 1040. The van der Waals surface area contributed by atoms with Crippen LogP contribution in [0.5, 0.6) is 0 Å². The number of rotatable bonds is 8. The van der Waals surface area contributed by atoms with Crippen LogP contribution in [0.2, 0.25) is 0 Å². The van der Waals surface area contributed by atoms with Gasteiger partial charge in [-0.3, -0.25) is 4.72 Å². The van der Waals surface area contributed by atoms with Crippen molar-refractivity contribution in [2.24, 2.45) is 10.9 Å². The van der Waals surface area contributed by atoms with Crippen LogP contribution < -0.4 is 10.6 Å². The van der Waals surface area contributed by atoms with E-state index in [1.54, 1.807) is 54.4 Å². The van der Waals surface area contributed by atoms with Gasteiger partial charge in [0.25, 0.3) is 10.0 Å². The molecular weight excluding hydrogens is 426 g/mol. The quantitative estimate of drug-likeness (QED) is 0.230. The number of hydrazone groups is 1. The fourth-order valence-electron chi connectivity index (χ4n) is 2.62. The number of halogens is 1. The molecule has 0 spiro atoms. The molecular formula is C21H22ClN3O2S2. The van der Waals surface area contributed by atoms with Crippen molar-refractivity contribution in [2.75, 3.05) is 10.5 Å². The molecule has 0 amide bonds. The average Bonchev–Trinajstić information content (AvgIpc) is 2.71. The molecule has 0 unspecified atom stereocenters. The highest BCUT2D eigenvalue weighted by Gasteiger charge is 2.15. The van der Waals surface area contributed by atoms with Gasteiger partial charge in [-0.05, 0) is 41.8 Å². The molecule has 29 heavy (non-hydrogen) atoms. The third-order valence-corrected chi connectivity index (χ3v) is 6.49. The zero-order valence-electron chi connectivity index (χ0n) is 15.6. The highest BCUT2D eigenvalue weighted by Crippen LogP contribution is 2.29. The van der Waals surface area contributed by atoms with Gasteiger partial charge in [-0.1, -0.05) is 54.6 Å². The molecule has 0 aromatic heterocycles. The van der Waals surface area contributed by atoms with Gasteiger partial charge in [-0.2, -0.15) is 5.10 Å². The molecule has 3 N–H and O–H groups in total. The Morgan fingerprint density at radius 1 is 0.931 bits per heavy atom. The zero-order chi connectivity index (χ0) is 19.8. The smallest absolute Gasteiger partial charge is 0.261 e. The normalized spacial score (nSPS) is 11.2. The van der Waals surface area contributed by atoms with Gasteiger partial charge in [0.15, 0.2) is 0 Å². The highest BCUT2D eigenvalue weighted by atomic mass is 35.5. The molecule has 0 radical (unpaired) electrons. The van der Waals surface area contributed by atoms with Gasteiger partial charge in [0.05, 0.1) is 16.8 Å². The molecule has 0 atom stereocenters. The summed E-state index contributed by atoms with van der Waals surface area (Å²) in [6, 6.07) is 23.8. The van der Waals surface area contributed by atoms with Crippen LogP contribution in [-0.2, 0) is 16.4 Å². The number of benzene rings is 3. The van der Waals surface area contributed by atoms with E-state index in [0.717, 1.165) is 22.6 Å². The number of sulfonamides is 1. The van der Waals surface area contributed by atoms with Gasteiger partial charge in [0.1, 0.15) is 0 Å². The lowest BCUT2D eigenvalue weighted by atomic mass is 10.1. The van der Waals surface area contributed by atoms with Gasteiger partial charge in [0.2, 0.25) is 0 Å². The maximum Gasteiger partial charge on any atom is 0.261 e. The summed E-state index contributed by atoms with van der Waals surface area (Å²) in [5.74, 6) is 5.98. The van der Waals surface area contributed by atoms with Gasteiger partial charge in [0, 0.05) is 10.6 Å². The van der Waals surface area contributed by atoms with Gasteiger partial charge >= 0.3 is 0 Å². The zero-order valence-corrected chi connectivity index (χ0v) is 18.0. The number of anilines is 1. The summed E-state index contributed by atoms with van der Waals surface area (Å²) in [6.45, 7) is 0. The van der Waals surface area contributed by atoms with E-state index >= 15 is 0 Å². The molecule has 0 saturated carbocycles. The number of thioether (sulfide) groups is 1. The van der Waals surface area contributed by atoms with Crippen molar-refractivity contribution in [1.82, 2.24) is 0 Å². The van der Waals surface area contributed by atoms with Crippen molar-refractivity contribution < 1.29 is 8.42 Å². The van der Waals surface area contributed by atoms with E-state index in [4.69, 9.17) is 5.84 Å². The second kappa shape index (κ2) is 10.9. The van der Waals surface area contributed by atoms with E-state index in [9.17, 15) is 8.42 Å². The number of nitrogens with zero attached hydrogens (tertiary/aromatic N) is 1. The third kappa shape index (κ3) is 6.52. The Labute approximate surface area is 181 Å². The summed E-state index contributed by atoms with van der Waals surface area (Å²) < 4.78 is 27.9. The Balaban J connectivity index is 0.00000300. The first-order chi connectivity index (χ1) is 13.6. The van der Waals surface area contributed by atoms with E-state index in [1.165, 1.54) is 5.56 Å². The maximum atomic E-state index is 12.6. The summed E-state index contributed by atoms with van der Waals surface area (Å²) in [7, 11) is -3.61. The molecule has 0 saturated heterocycles. The van der Waals surface area contributed by atoms with Crippen LogP contribution in [0.1, 0.15) is 11.1 Å². The number of aryl methyl sites for hydroxylation is 1. The van der Waals surface area contributed by atoms with Crippen molar-refractivity contribution in [3.63, 3.8) is 0 Å². The summed E-state index contributed by atoms with van der Waals surface area (Å²) in [5, 5.41) is 3.51. The number of hydrogen-bond donors (Lipinski definition) is 2. The number of para-hydroxylation sites is 1. The Hall–Kier alpha value is -2.48. The summed E-state index contributed by atoms with van der Waals surface area (Å²) in [6.07, 6.45) is 2.47. The first-order valence-corrected chi connectivity index (χ1v) is 11.2. The van der Waals surface area contributed by atoms with Crippen molar-refractivity contribution in [2.45, 2.75) is 16.2 Å². The monoisotopic (exact) mass is 447 g/mol. The molecule has 0 fully saturated rings. The number of hydrogen-bond acceptors (Lipinski definition) is 5. The van der Waals surface area contributed by atoms with E-state index in [1.807, 2.05) is 42.5 Å². The molecule has 0 heterocycles. The lowest BCUT2D eigenvalue weighted by molar-refractivity contribution is 0.601. The van der Waals surface area contributed by atoms with Crippen LogP contribution in [0, 0.1) is 0 Å². The minimum absolute atomic E-state index is 0. The van der Waals surface area contributed by atoms with E-state index in [2.05, 4.69) is 9.82 Å². The molecule has 5 nitrogen and oxygen atoms in total. The van der Waals surface area contributed by atoms with Crippen molar-refractivity contribution in [3.05, 3.63) is 90.0 Å². The lowest BCUT2D eigenvalue weighted by Gasteiger charge is -2.12. The SMILES string of the molecule is Cl.N/N=C\c1ccc(CCSc2ccccc2NS(=O)(=O)c2ccccc2)cc1. The topological polar surface area (TPSA) is 84.5 Å². The summed E-state index contributed by atoms with van der Waals surface area (Å²) in [5.41, 5.74) is 2.74. The van der Waals surface area contributed by atoms with Gasteiger partial charge in [-0.15, -0.1) is 24.2 Å². The Morgan fingerprint density at radius 2 is 1.59 bits per heavy atom. The Morgan fingerprint density at radius 3 is 2.28 bits per heavy atom. The molecule has 152 valence electrons. The van der Waals surface area contributed by atoms with Crippen LogP contribution >= 0.6 is 24.2 Å². The molecule has 0 aliphatic carbocycles. The average molecular weight is 448 g/mol. The second-order valence-corrected chi connectivity index (χ2v) is 8.85. The first-order valence-electron chi connectivity index (χ1n) is 8.70. The van der Waals surface area contributed by atoms with E-state index in [0.29, 0.717) is 5.69 Å².